The Kier molecular flexibility index (Phi) is 11.2. The third-order valence-corrected chi connectivity index (χ3v) is 3.87. The second-order valence-electron chi connectivity index (χ2n) is 5.43. The van der Waals surface area contributed by atoms with Gasteiger partial charge in [0.1, 0.15) is 0 Å². The first-order chi connectivity index (χ1) is 10.6. The van der Waals surface area contributed by atoms with Crippen LogP contribution in [0.3, 0.4) is 0 Å². The van der Waals surface area contributed by atoms with Crippen LogP contribution in [0.1, 0.15) is 58.3 Å². The molecule has 0 aliphatic rings. The molecular weight excluding hydrogens is 280 g/mol. The average molecular weight is 310 g/mol. The fraction of sp³-hybridized carbons (Fsp3) is 0.667. The second-order valence-corrected chi connectivity index (χ2v) is 5.43. The Balaban J connectivity index is 4.66. The van der Waals surface area contributed by atoms with E-state index >= 15 is 0 Å². The van der Waals surface area contributed by atoms with Crippen molar-refractivity contribution in [3.05, 3.63) is 24.8 Å². The lowest BCUT2D eigenvalue weighted by Crippen LogP contribution is -2.41. The van der Waals surface area contributed by atoms with Crippen LogP contribution in [-0.4, -0.2) is 26.2 Å². The Hall–Kier alpha value is -1.58. The highest BCUT2D eigenvalue weighted by atomic mass is 16.5. The van der Waals surface area contributed by atoms with Crippen LogP contribution in [0.25, 0.3) is 0 Å². The monoisotopic (exact) mass is 310 g/mol. The highest BCUT2D eigenvalue weighted by Crippen LogP contribution is 2.33. The summed E-state index contributed by atoms with van der Waals surface area (Å²) in [6, 6.07) is 0. The number of esters is 2. The lowest BCUT2D eigenvalue weighted by atomic mass is 9.79. The number of rotatable bonds is 12. The van der Waals surface area contributed by atoms with Crippen LogP contribution < -0.4 is 0 Å². The Morgan fingerprint density at radius 3 is 2.05 bits per heavy atom. The molecule has 0 heterocycles. The van der Waals surface area contributed by atoms with E-state index in [1.54, 1.807) is 0 Å². The molecule has 0 N–H and O–H groups in total. The summed E-state index contributed by atoms with van der Waals surface area (Å²) in [4.78, 5) is 24.4. The lowest BCUT2D eigenvalue weighted by Gasteiger charge is -2.27. The quantitative estimate of drug-likeness (QED) is 0.235. The Labute approximate surface area is 134 Å². The van der Waals surface area contributed by atoms with Crippen molar-refractivity contribution in [3.63, 3.8) is 0 Å². The third kappa shape index (κ3) is 6.46. The van der Waals surface area contributed by atoms with Crippen LogP contribution in [0.2, 0.25) is 0 Å². The summed E-state index contributed by atoms with van der Waals surface area (Å²) in [5.74, 6) is -1.02. The molecule has 0 aromatic rings. The molecule has 0 spiro atoms. The van der Waals surface area contributed by atoms with Crippen LogP contribution in [0.4, 0.5) is 0 Å². The predicted molar refractivity (Wildman–Crippen MR) is 88.4 cm³/mol. The summed E-state index contributed by atoms with van der Waals surface area (Å²) in [6.07, 6.45) is 12.6. The zero-order valence-corrected chi connectivity index (χ0v) is 14.2. The molecule has 0 aliphatic carbocycles. The lowest BCUT2D eigenvalue weighted by molar-refractivity contribution is -0.169. The first-order valence-electron chi connectivity index (χ1n) is 7.98. The average Bonchev–Trinajstić information content (AvgIpc) is 2.55. The summed E-state index contributed by atoms with van der Waals surface area (Å²) in [7, 11) is 2.62. The molecule has 0 bridgehead atoms. The molecule has 0 amide bonds. The van der Waals surface area contributed by atoms with Crippen LogP contribution in [0.5, 0.6) is 0 Å². The van der Waals surface area contributed by atoms with Crippen molar-refractivity contribution in [2.45, 2.75) is 58.3 Å². The first-order valence-corrected chi connectivity index (χ1v) is 7.98. The van der Waals surface area contributed by atoms with Gasteiger partial charge in [-0.2, -0.15) is 0 Å². The molecule has 0 fully saturated rings. The summed E-state index contributed by atoms with van der Waals surface area (Å²) >= 11 is 0. The van der Waals surface area contributed by atoms with Gasteiger partial charge in [0, 0.05) is 0 Å². The van der Waals surface area contributed by atoms with Crippen molar-refractivity contribution in [3.8, 4) is 0 Å². The zero-order valence-electron chi connectivity index (χ0n) is 14.2. The summed E-state index contributed by atoms with van der Waals surface area (Å²) in [6.45, 7) is 5.56. The molecule has 22 heavy (non-hydrogen) atoms. The highest BCUT2D eigenvalue weighted by molar-refractivity contribution is 6.00. The van der Waals surface area contributed by atoms with Gasteiger partial charge < -0.3 is 9.47 Å². The predicted octanol–water partition coefficient (Wildman–Crippen LogP) is 4.20. The van der Waals surface area contributed by atoms with Crippen LogP contribution in [0.15, 0.2) is 24.8 Å². The fourth-order valence-corrected chi connectivity index (χ4v) is 2.51. The van der Waals surface area contributed by atoms with E-state index in [1.807, 2.05) is 25.2 Å². The maximum absolute atomic E-state index is 12.2. The largest absolute Gasteiger partial charge is 0.468 e. The van der Waals surface area contributed by atoms with Gasteiger partial charge in [-0.25, -0.2) is 0 Å². The number of carbonyl (C=O) groups excluding carboxylic acids is 2. The summed E-state index contributed by atoms with van der Waals surface area (Å²) in [5, 5.41) is 0. The number of methoxy groups -OCH3 is 2. The number of allylic oxidation sites excluding steroid dienone is 3. The van der Waals surface area contributed by atoms with E-state index in [0.29, 0.717) is 12.8 Å². The Bertz CT molecular complexity index is 355. The summed E-state index contributed by atoms with van der Waals surface area (Å²) < 4.78 is 9.72. The molecule has 0 radical (unpaired) electrons. The van der Waals surface area contributed by atoms with Crippen molar-refractivity contribution in [2.24, 2.45) is 5.41 Å². The van der Waals surface area contributed by atoms with Crippen LogP contribution in [0, 0.1) is 5.41 Å². The van der Waals surface area contributed by atoms with E-state index in [0.717, 1.165) is 38.5 Å². The summed E-state index contributed by atoms with van der Waals surface area (Å²) in [5.41, 5.74) is -1.21. The first kappa shape index (κ1) is 20.4. The number of unbranched alkanes of at least 4 members (excludes halogenated alkanes) is 5. The fourth-order valence-electron chi connectivity index (χ4n) is 2.51. The molecule has 0 saturated carbocycles. The van der Waals surface area contributed by atoms with Gasteiger partial charge in [-0.3, -0.25) is 9.59 Å². The van der Waals surface area contributed by atoms with Gasteiger partial charge in [0.2, 0.25) is 0 Å². The molecule has 0 aliphatic heterocycles. The van der Waals surface area contributed by atoms with E-state index in [-0.39, 0.29) is 0 Å². The van der Waals surface area contributed by atoms with Gasteiger partial charge >= 0.3 is 11.9 Å². The van der Waals surface area contributed by atoms with Gasteiger partial charge in [-0.15, -0.1) is 6.58 Å². The van der Waals surface area contributed by atoms with E-state index in [2.05, 4.69) is 6.58 Å². The highest BCUT2D eigenvalue weighted by Gasteiger charge is 2.46. The number of hydrogen-bond donors (Lipinski definition) is 0. The standard InChI is InChI=1S/C18H30O4/c1-5-7-9-10-11-12-13-15-18(14-8-6-2,16(19)21-3)17(20)22-4/h5-6,8H,1,7,9-15H2,2-4H3/b8-6+. The van der Waals surface area contributed by atoms with Crippen LogP contribution in [-0.2, 0) is 19.1 Å². The van der Waals surface area contributed by atoms with Crippen molar-refractivity contribution >= 4 is 11.9 Å². The third-order valence-electron chi connectivity index (χ3n) is 3.87. The maximum atomic E-state index is 12.2. The number of hydrogen-bond acceptors (Lipinski definition) is 4. The Morgan fingerprint density at radius 2 is 1.55 bits per heavy atom. The second kappa shape index (κ2) is 12.0. The van der Waals surface area contributed by atoms with E-state index in [9.17, 15) is 9.59 Å². The van der Waals surface area contributed by atoms with E-state index in [4.69, 9.17) is 9.47 Å². The molecule has 0 aromatic heterocycles. The van der Waals surface area contributed by atoms with Gasteiger partial charge in [0.25, 0.3) is 0 Å². The van der Waals surface area contributed by atoms with Crippen molar-refractivity contribution in [1.82, 2.24) is 0 Å². The topological polar surface area (TPSA) is 52.6 Å². The minimum atomic E-state index is -1.21. The molecule has 0 aromatic carbocycles. The number of ether oxygens (including phenoxy) is 2. The molecule has 4 heteroatoms. The SMILES string of the molecule is C=CCCCCCCCC(C/C=C/C)(C(=O)OC)C(=O)OC. The number of carbonyl (C=O) groups is 2. The van der Waals surface area contributed by atoms with E-state index in [1.165, 1.54) is 14.2 Å². The zero-order chi connectivity index (χ0) is 16.8. The molecule has 0 atom stereocenters. The van der Waals surface area contributed by atoms with Crippen molar-refractivity contribution in [2.75, 3.05) is 14.2 Å². The van der Waals surface area contributed by atoms with Gasteiger partial charge in [-0.05, 0) is 32.6 Å². The minimum absolute atomic E-state index is 0.319. The molecule has 0 rings (SSSR count). The smallest absolute Gasteiger partial charge is 0.323 e. The molecular formula is C18H30O4. The molecule has 126 valence electrons. The maximum Gasteiger partial charge on any atom is 0.323 e. The minimum Gasteiger partial charge on any atom is -0.468 e. The van der Waals surface area contributed by atoms with Crippen LogP contribution >= 0.6 is 0 Å². The molecule has 4 nitrogen and oxygen atoms in total. The van der Waals surface area contributed by atoms with Gasteiger partial charge in [-0.1, -0.05) is 43.9 Å². The van der Waals surface area contributed by atoms with Gasteiger partial charge in [0.15, 0.2) is 5.41 Å². The van der Waals surface area contributed by atoms with Gasteiger partial charge in [0.05, 0.1) is 14.2 Å². The Morgan fingerprint density at radius 1 is 1.00 bits per heavy atom. The molecule has 0 unspecified atom stereocenters. The van der Waals surface area contributed by atoms with Crippen molar-refractivity contribution in [1.29, 1.82) is 0 Å². The normalized spacial score (nSPS) is 11.4. The van der Waals surface area contributed by atoms with Crippen molar-refractivity contribution < 1.29 is 19.1 Å². The van der Waals surface area contributed by atoms with E-state index < -0.39 is 17.4 Å². The molecule has 0 saturated heterocycles.